The van der Waals surface area contributed by atoms with Crippen molar-refractivity contribution in [3.8, 4) is 0 Å². The van der Waals surface area contributed by atoms with Gasteiger partial charge in [-0.25, -0.2) is 8.78 Å². The fourth-order valence-electron chi connectivity index (χ4n) is 1.88. The van der Waals surface area contributed by atoms with Gasteiger partial charge in [-0.3, -0.25) is 4.79 Å². The first-order valence-electron chi connectivity index (χ1n) is 4.81. The third kappa shape index (κ3) is 1.83. The summed E-state index contributed by atoms with van der Waals surface area (Å²) in [7, 11) is 0. The van der Waals surface area contributed by atoms with Gasteiger partial charge in [0.15, 0.2) is 5.78 Å². The Morgan fingerprint density at radius 3 is 2.60 bits per heavy atom. The summed E-state index contributed by atoms with van der Waals surface area (Å²) in [6.45, 7) is 0. The van der Waals surface area contributed by atoms with Crippen LogP contribution in [-0.4, -0.2) is 5.78 Å². The van der Waals surface area contributed by atoms with Crippen LogP contribution in [0.25, 0.3) is 0 Å². The van der Waals surface area contributed by atoms with Gasteiger partial charge in [0.05, 0.1) is 10.0 Å². The lowest BCUT2D eigenvalue weighted by Gasteiger charge is -2.08. The Bertz CT molecular complexity index is 429. The molecule has 1 aromatic rings. The maximum atomic E-state index is 13.7. The summed E-state index contributed by atoms with van der Waals surface area (Å²) in [5.74, 6) is -1.41. The lowest BCUT2D eigenvalue weighted by molar-refractivity contribution is 0.0977. The molecule has 1 aliphatic carbocycles. The molecule has 2 rings (SSSR count). The van der Waals surface area contributed by atoms with Crippen molar-refractivity contribution in [2.45, 2.75) is 25.7 Å². The van der Waals surface area contributed by atoms with Gasteiger partial charge in [0, 0.05) is 12.0 Å². The largest absolute Gasteiger partial charge is 0.294 e. The molecule has 0 spiro atoms. The Morgan fingerprint density at radius 2 is 1.87 bits per heavy atom. The predicted molar refractivity (Wildman–Crippen MR) is 55.9 cm³/mol. The van der Waals surface area contributed by atoms with Gasteiger partial charge in [-0.15, -0.1) is 0 Å². The van der Waals surface area contributed by atoms with E-state index in [4.69, 9.17) is 0 Å². The van der Waals surface area contributed by atoms with E-state index in [1.165, 1.54) is 0 Å². The number of Topliss-reactive ketones (excluding diaryl/α,β-unsaturated/α-hetero) is 1. The first kappa shape index (κ1) is 10.7. The fourth-order valence-corrected chi connectivity index (χ4v) is 2.28. The standard InChI is InChI=1S/C11H9BrF2O/c12-7-5-8(13)6-3-1-2-4-9(15)10(6)11(7)14/h5H,1-4H2. The number of ketones is 1. The van der Waals surface area contributed by atoms with Crippen molar-refractivity contribution in [1.29, 1.82) is 0 Å². The van der Waals surface area contributed by atoms with Crippen molar-refractivity contribution >= 4 is 21.7 Å². The van der Waals surface area contributed by atoms with Gasteiger partial charge in [-0.05, 0) is 41.3 Å². The summed E-state index contributed by atoms with van der Waals surface area (Å²) in [5, 5.41) is 0. The molecule has 0 radical (unpaired) electrons. The van der Waals surface area contributed by atoms with Gasteiger partial charge in [0.2, 0.25) is 0 Å². The van der Waals surface area contributed by atoms with E-state index in [1.54, 1.807) is 0 Å². The normalized spacial score (nSPS) is 16.1. The van der Waals surface area contributed by atoms with Crippen molar-refractivity contribution in [3.63, 3.8) is 0 Å². The zero-order valence-corrected chi connectivity index (χ0v) is 9.53. The van der Waals surface area contributed by atoms with Gasteiger partial charge < -0.3 is 0 Å². The number of halogens is 3. The van der Waals surface area contributed by atoms with E-state index in [2.05, 4.69) is 15.9 Å². The molecule has 0 heterocycles. The molecule has 1 nitrogen and oxygen atoms in total. The Morgan fingerprint density at radius 1 is 1.20 bits per heavy atom. The highest BCUT2D eigenvalue weighted by atomic mass is 79.9. The molecule has 1 aromatic carbocycles. The smallest absolute Gasteiger partial charge is 0.166 e. The molecule has 15 heavy (non-hydrogen) atoms. The Kier molecular flexibility index (Phi) is 2.87. The highest BCUT2D eigenvalue weighted by Gasteiger charge is 2.24. The predicted octanol–water partition coefficient (Wildman–Crippen LogP) is 3.64. The molecule has 1 aliphatic rings. The second kappa shape index (κ2) is 4.00. The van der Waals surface area contributed by atoms with E-state index in [0.29, 0.717) is 19.3 Å². The zero-order chi connectivity index (χ0) is 11.0. The minimum absolute atomic E-state index is 0.0222. The SMILES string of the molecule is O=C1CCCCc2c(F)cc(Br)c(F)c21. The van der Waals surface area contributed by atoms with Crippen LogP contribution in [0.4, 0.5) is 8.78 Å². The van der Waals surface area contributed by atoms with Gasteiger partial charge in [-0.1, -0.05) is 0 Å². The molecule has 0 N–H and O–H groups in total. The summed E-state index contributed by atoms with van der Waals surface area (Å²) in [4.78, 5) is 11.6. The van der Waals surface area contributed by atoms with Crippen LogP contribution < -0.4 is 0 Å². The summed E-state index contributed by atoms with van der Waals surface area (Å²) >= 11 is 2.91. The lowest BCUT2D eigenvalue weighted by Crippen LogP contribution is -2.07. The van der Waals surface area contributed by atoms with Crippen LogP contribution in [0.2, 0.25) is 0 Å². The molecule has 0 fully saturated rings. The third-order valence-corrected chi connectivity index (χ3v) is 3.21. The molecule has 0 unspecified atom stereocenters. The average molecular weight is 275 g/mol. The van der Waals surface area contributed by atoms with Crippen LogP contribution in [-0.2, 0) is 6.42 Å². The molecule has 0 aromatic heterocycles. The molecular weight excluding hydrogens is 266 g/mol. The van der Waals surface area contributed by atoms with Crippen molar-refractivity contribution in [1.82, 2.24) is 0 Å². The van der Waals surface area contributed by atoms with E-state index in [-0.39, 0.29) is 21.4 Å². The number of rotatable bonds is 0. The second-order valence-electron chi connectivity index (χ2n) is 3.64. The van der Waals surface area contributed by atoms with Gasteiger partial charge in [-0.2, -0.15) is 0 Å². The molecule has 4 heteroatoms. The Labute approximate surface area is 94.6 Å². The number of fused-ring (bicyclic) bond motifs is 1. The summed E-state index contributed by atoms with van der Waals surface area (Å²) in [6, 6.07) is 1.09. The molecule has 0 bridgehead atoms. The van der Waals surface area contributed by atoms with Crippen LogP contribution >= 0.6 is 15.9 Å². The molecule has 80 valence electrons. The Hall–Kier alpha value is -0.770. The number of carbonyl (C=O) groups is 1. The van der Waals surface area contributed by atoms with Crippen molar-refractivity contribution in [2.24, 2.45) is 0 Å². The van der Waals surface area contributed by atoms with Gasteiger partial charge in [0.25, 0.3) is 0 Å². The van der Waals surface area contributed by atoms with E-state index in [9.17, 15) is 13.6 Å². The summed E-state index contributed by atoms with van der Waals surface area (Å²) in [6.07, 6.45) is 2.18. The first-order chi connectivity index (χ1) is 7.11. The minimum Gasteiger partial charge on any atom is -0.294 e. The topological polar surface area (TPSA) is 17.1 Å². The van der Waals surface area contributed by atoms with Crippen LogP contribution in [0, 0.1) is 11.6 Å². The maximum Gasteiger partial charge on any atom is 0.166 e. The summed E-state index contributed by atoms with van der Waals surface area (Å²) in [5.41, 5.74) is 0.178. The van der Waals surface area contributed by atoms with Gasteiger partial charge >= 0.3 is 0 Å². The summed E-state index contributed by atoms with van der Waals surface area (Å²) < 4.78 is 27.2. The second-order valence-corrected chi connectivity index (χ2v) is 4.49. The van der Waals surface area contributed by atoms with Gasteiger partial charge in [0.1, 0.15) is 11.6 Å². The molecule has 0 saturated carbocycles. The highest BCUT2D eigenvalue weighted by molar-refractivity contribution is 9.10. The highest BCUT2D eigenvalue weighted by Crippen LogP contribution is 2.30. The average Bonchev–Trinajstić information content (AvgIpc) is 2.37. The number of benzene rings is 1. The van der Waals surface area contributed by atoms with Crippen molar-refractivity contribution in [2.75, 3.05) is 0 Å². The van der Waals surface area contributed by atoms with E-state index in [0.717, 1.165) is 12.5 Å². The van der Waals surface area contributed by atoms with Crippen LogP contribution in [0.3, 0.4) is 0 Å². The Balaban J connectivity index is 2.69. The monoisotopic (exact) mass is 274 g/mol. The maximum absolute atomic E-state index is 13.7. The number of hydrogen-bond donors (Lipinski definition) is 0. The molecular formula is C11H9BrF2O. The quantitative estimate of drug-likeness (QED) is 0.522. The van der Waals surface area contributed by atoms with E-state index >= 15 is 0 Å². The van der Waals surface area contributed by atoms with Crippen LogP contribution in [0.5, 0.6) is 0 Å². The fraction of sp³-hybridized carbons (Fsp3) is 0.364. The zero-order valence-electron chi connectivity index (χ0n) is 7.95. The van der Waals surface area contributed by atoms with Crippen LogP contribution in [0.15, 0.2) is 10.5 Å². The first-order valence-corrected chi connectivity index (χ1v) is 5.60. The molecule has 0 amide bonds. The number of hydrogen-bond acceptors (Lipinski definition) is 1. The molecule has 0 aliphatic heterocycles. The number of carbonyl (C=O) groups excluding carboxylic acids is 1. The molecule has 0 saturated heterocycles. The third-order valence-electron chi connectivity index (χ3n) is 2.63. The van der Waals surface area contributed by atoms with E-state index < -0.39 is 11.6 Å². The van der Waals surface area contributed by atoms with Crippen molar-refractivity contribution < 1.29 is 13.6 Å². The molecule has 0 atom stereocenters. The van der Waals surface area contributed by atoms with E-state index in [1.807, 2.05) is 0 Å². The minimum atomic E-state index is -0.627. The lowest BCUT2D eigenvalue weighted by atomic mass is 10.0. The van der Waals surface area contributed by atoms with Crippen LogP contribution in [0.1, 0.15) is 35.2 Å². The van der Waals surface area contributed by atoms with Crippen molar-refractivity contribution in [3.05, 3.63) is 33.3 Å².